The first kappa shape index (κ1) is 119. The summed E-state index contributed by atoms with van der Waals surface area (Å²) in [6.45, 7) is 120. The Labute approximate surface area is 585 Å². The van der Waals surface area contributed by atoms with Crippen molar-refractivity contribution in [2.45, 2.75) is 275 Å². The van der Waals surface area contributed by atoms with E-state index in [-0.39, 0.29) is 25.3 Å². The maximum absolute atomic E-state index is 9.34. The van der Waals surface area contributed by atoms with E-state index in [1.807, 2.05) is 0 Å². The molecule has 0 bridgehead atoms. The second-order valence-corrected chi connectivity index (χ2v) is 24.2. The minimum Gasteiger partial charge on any atom is -0.893 e. The van der Waals surface area contributed by atoms with Crippen molar-refractivity contribution in [3.63, 3.8) is 0 Å². The van der Waals surface area contributed by atoms with Gasteiger partial charge >= 0.3 is 0 Å². The zero-order valence-electron chi connectivity index (χ0n) is 70.6. The first-order valence-corrected chi connectivity index (χ1v) is 39.1. The molecule has 0 aromatic heterocycles. The Morgan fingerprint density at radius 3 is 0.152 bits per heavy atom. The standard InChI is InChI=1S/8C8H20N.4C2H5BO2/c8*1-5-9(6-2,7-3)8-4;4*1-2-3(4)5/h8*5-8H2,1-4H3;4*2H2,1H3/q8*+1;4*-2. The fraction of sp³-hybridized carbons (Fsp3) is 1.00. The fourth-order valence-corrected chi connectivity index (χ4v) is 10.7. The summed E-state index contributed by atoms with van der Waals surface area (Å²) >= 11 is 0. The second-order valence-electron chi connectivity index (χ2n) is 24.2. The van der Waals surface area contributed by atoms with E-state index >= 15 is 0 Å². The van der Waals surface area contributed by atoms with Crippen LogP contribution in [0.5, 0.6) is 0 Å². The predicted octanol–water partition coefficient (Wildman–Crippen LogP) is 7.92. The third-order valence-electron chi connectivity index (χ3n) is 22.8. The van der Waals surface area contributed by atoms with Crippen LogP contribution in [0.3, 0.4) is 0 Å². The van der Waals surface area contributed by atoms with Gasteiger partial charge in [0, 0.05) is 0 Å². The fourth-order valence-electron chi connectivity index (χ4n) is 10.7. The van der Waals surface area contributed by atoms with Crippen LogP contribution in [-0.2, 0) is 0 Å². The molecule has 92 heavy (non-hydrogen) atoms. The average Bonchev–Trinajstić information content (AvgIpc) is 3.74. The van der Waals surface area contributed by atoms with Crippen LogP contribution < -0.4 is 40.2 Å². The van der Waals surface area contributed by atoms with E-state index in [0.717, 1.165) is 0 Å². The van der Waals surface area contributed by atoms with Crippen LogP contribution >= 0.6 is 0 Å². The quantitative estimate of drug-likeness (QED) is 0.0448. The van der Waals surface area contributed by atoms with Gasteiger partial charge in [-0.05, 0) is 222 Å². The van der Waals surface area contributed by atoms with Crippen molar-refractivity contribution in [1.82, 2.24) is 0 Å². The van der Waals surface area contributed by atoms with Gasteiger partial charge in [-0.15, -0.1) is 53.8 Å². The van der Waals surface area contributed by atoms with Gasteiger partial charge < -0.3 is 76.1 Å². The van der Waals surface area contributed by atoms with Gasteiger partial charge in [0.15, 0.2) is 0 Å². The van der Waals surface area contributed by atoms with E-state index in [9.17, 15) is 40.2 Å². The van der Waals surface area contributed by atoms with Crippen LogP contribution in [0, 0.1) is 0 Å². The summed E-state index contributed by atoms with van der Waals surface area (Å²) in [5, 5.41) is 74.7. The van der Waals surface area contributed by atoms with Gasteiger partial charge in [-0.2, -0.15) is 0 Å². The van der Waals surface area contributed by atoms with Crippen molar-refractivity contribution in [3.8, 4) is 0 Å². The average molecular weight is 1330 g/mol. The van der Waals surface area contributed by atoms with Gasteiger partial charge in [-0.1, -0.05) is 27.7 Å². The minimum atomic E-state index is -1.62. The zero-order chi connectivity index (χ0) is 75.8. The molecule has 0 radical (unpaired) electrons. The Morgan fingerprint density at radius 2 is 0.152 bits per heavy atom. The molecule has 568 valence electrons. The minimum absolute atomic E-state index is 0.194. The summed E-state index contributed by atoms with van der Waals surface area (Å²) in [4.78, 5) is 0. The second kappa shape index (κ2) is 79.6. The molecule has 0 aromatic rings. The molecule has 0 unspecified atom stereocenters. The Morgan fingerprint density at radius 1 is 0.120 bits per heavy atom. The third kappa shape index (κ3) is 65.6. The van der Waals surface area contributed by atoms with Gasteiger partial charge in [-0.25, -0.2) is 0 Å². The van der Waals surface area contributed by atoms with Gasteiger partial charge in [-0.3, -0.25) is 0 Å². The van der Waals surface area contributed by atoms with Crippen molar-refractivity contribution in [2.75, 3.05) is 209 Å². The normalized spacial score (nSPS) is 11.1. The third-order valence-corrected chi connectivity index (χ3v) is 22.8. The van der Waals surface area contributed by atoms with Crippen LogP contribution in [0.1, 0.15) is 249 Å². The van der Waals surface area contributed by atoms with E-state index in [2.05, 4.69) is 222 Å². The van der Waals surface area contributed by atoms with Crippen molar-refractivity contribution in [2.24, 2.45) is 0 Å². The van der Waals surface area contributed by atoms with E-state index in [4.69, 9.17) is 0 Å². The van der Waals surface area contributed by atoms with Crippen molar-refractivity contribution in [1.29, 1.82) is 0 Å². The summed E-state index contributed by atoms with van der Waals surface area (Å²) in [5.74, 6) is 0. The maximum atomic E-state index is 9.34. The summed E-state index contributed by atoms with van der Waals surface area (Å²) in [7, 11) is -6.46. The summed E-state index contributed by atoms with van der Waals surface area (Å²) < 4.78 is 10.2. The van der Waals surface area contributed by atoms with Crippen LogP contribution in [0.2, 0.25) is 25.3 Å². The molecule has 0 fully saturated rings. The van der Waals surface area contributed by atoms with Crippen LogP contribution in [0.25, 0.3) is 0 Å². The van der Waals surface area contributed by atoms with Gasteiger partial charge in [0.25, 0.3) is 0 Å². The number of hydrogen-bond donors (Lipinski definition) is 0. The number of rotatable bonds is 36. The van der Waals surface area contributed by atoms with Crippen molar-refractivity contribution < 1.29 is 76.1 Å². The summed E-state index contributed by atoms with van der Waals surface area (Å²) in [6, 6.07) is 0. The highest BCUT2D eigenvalue weighted by atomic mass is 16.4. The van der Waals surface area contributed by atoms with Gasteiger partial charge in [0.05, 0.1) is 209 Å². The van der Waals surface area contributed by atoms with E-state index in [1.54, 1.807) is 27.7 Å². The molecule has 0 aliphatic carbocycles. The number of hydrogen-bond acceptors (Lipinski definition) is 8. The monoisotopic (exact) mass is 1330 g/mol. The topological polar surface area (TPSA) is 184 Å². The van der Waals surface area contributed by atoms with Gasteiger partial charge in [0.1, 0.15) is 0 Å². The smallest absolute Gasteiger partial charge is 0.0757 e. The van der Waals surface area contributed by atoms with Crippen molar-refractivity contribution >= 4 is 28.5 Å². The molecule has 0 N–H and O–H groups in total. The molecule has 16 nitrogen and oxygen atoms in total. The Balaban J connectivity index is -0.0000000764. The highest BCUT2D eigenvalue weighted by Gasteiger charge is 2.21. The van der Waals surface area contributed by atoms with Gasteiger partial charge in [0.2, 0.25) is 0 Å². The Bertz CT molecular complexity index is 896. The molecule has 0 heterocycles. The predicted molar refractivity (Wildman–Crippen MR) is 404 cm³/mol. The van der Waals surface area contributed by atoms with E-state index < -0.39 is 28.5 Å². The molecule has 0 rings (SSSR count). The number of nitrogens with zero attached hydrogens (tertiary/aromatic N) is 8. The lowest BCUT2D eigenvalue weighted by molar-refractivity contribution is -0.921. The van der Waals surface area contributed by atoms with Crippen LogP contribution in [0.15, 0.2) is 0 Å². The Kier molecular flexibility index (Phi) is 103. The Hall–Kier alpha value is -0.380. The van der Waals surface area contributed by atoms with E-state index in [1.165, 1.54) is 245 Å². The van der Waals surface area contributed by atoms with Crippen LogP contribution in [-0.4, -0.2) is 274 Å². The molecule has 0 amide bonds. The molecule has 0 spiro atoms. The van der Waals surface area contributed by atoms with E-state index in [0.29, 0.717) is 0 Å². The zero-order valence-corrected chi connectivity index (χ0v) is 70.6. The summed E-state index contributed by atoms with van der Waals surface area (Å²) in [6.07, 6.45) is 0.778. The lowest BCUT2D eigenvalue weighted by Gasteiger charge is -2.34. The molecule has 0 atom stereocenters. The summed E-state index contributed by atoms with van der Waals surface area (Å²) in [5.41, 5.74) is 0. The first-order valence-electron chi connectivity index (χ1n) is 39.1. The molecular formula is C72H180B4N8O8. The lowest BCUT2D eigenvalue weighted by atomic mass is 9.88. The lowest BCUT2D eigenvalue weighted by Crippen LogP contribution is -2.47. The molecule has 20 heteroatoms. The molecular weight excluding hydrogens is 1150 g/mol. The van der Waals surface area contributed by atoms with Crippen molar-refractivity contribution in [3.05, 3.63) is 0 Å². The molecule has 0 aliphatic rings. The molecule has 0 saturated heterocycles. The maximum Gasteiger partial charge on any atom is 0.0757 e. The highest BCUT2D eigenvalue weighted by Crippen LogP contribution is 2.08. The molecule has 0 saturated carbocycles. The highest BCUT2D eigenvalue weighted by molar-refractivity contribution is 6.37. The first-order chi connectivity index (χ1) is 43.0. The van der Waals surface area contributed by atoms with Crippen LogP contribution in [0.4, 0.5) is 0 Å². The SMILES string of the molecule is CCB([O-])[O-].CCB([O-])[O-].CCB([O-])[O-].CCB([O-])[O-].CC[N+](CC)(CC)CC.CC[N+](CC)(CC)CC.CC[N+](CC)(CC)CC.CC[N+](CC)(CC)CC.CC[N+](CC)(CC)CC.CC[N+](CC)(CC)CC.CC[N+](CC)(CC)CC.CC[N+](CC)(CC)CC. The number of quaternary nitrogens is 8. The largest absolute Gasteiger partial charge is 0.893 e. The molecule has 0 aliphatic heterocycles. The molecule has 0 aromatic carbocycles.